The van der Waals surface area contributed by atoms with Gasteiger partial charge in [-0.3, -0.25) is 9.59 Å². The minimum Gasteiger partial charge on any atom is -0.404 e. The molecule has 1 aromatic rings. The Hall–Kier alpha value is -2.37. The Balaban J connectivity index is 1.26. The average Bonchev–Trinajstić information content (AvgIpc) is 3.21. The predicted molar refractivity (Wildman–Crippen MR) is 138 cm³/mol. The number of nitrogens with one attached hydrogen (secondary N) is 1. The van der Waals surface area contributed by atoms with E-state index in [1.807, 2.05) is 18.2 Å². The molecule has 1 N–H and O–H groups in total. The van der Waals surface area contributed by atoms with Crippen LogP contribution in [0.2, 0.25) is 0 Å². The second-order valence-corrected chi connectivity index (χ2v) is 12.1. The quantitative estimate of drug-likeness (QED) is 0.468. The van der Waals surface area contributed by atoms with Crippen LogP contribution < -0.4 is 5.32 Å². The first kappa shape index (κ1) is 25.3. The monoisotopic (exact) mass is 491 g/mol. The number of amides is 2. The van der Waals surface area contributed by atoms with Gasteiger partial charge in [0, 0.05) is 19.5 Å². The summed E-state index contributed by atoms with van der Waals surface area (Å²) in [5, 5.41) is 3.26. The van der Waals surface area contributed by atoms with Crippen LogP contribution in [0.15, 0.2) is 30.3 Å². The van der Waals surface area contributed by atoms with E-state index < -0.39 is 7.12 Å². The number of piperidine rings is 1. The van der Waals surface area contributed by atoms with Crippen molar-refractivity contribution in [1.82, 2.24) is 10.2 Å². The molecule has 7 nitrogen and oxygen atoms in total. The molecule has 3 aliphatic carbocycles. The van der Waals surface area contributed by atoms with Crippen LogP contribution in [0.5, 0.6) is 0 Å². The van der Waals surface area contributed by atoms with Crippen molar-refractivity contribution >= 4 is 18.9 Å². The largest absolute Gasteiger partial charge is 0.482 e. The summed E-state index contributed by atoms with van der Waals surface area (Å²) >= 11 is 0. The molecule has 2 bridgehead atoms. The van der Waals surface area contributed by atoms with Crippen LogP contribution in [0, 0.1) is 29.7 Å². The Labute approximate surface area is 215 Å². The zero-order valence-electron chi connectivity index (χ0n) is 21.7. The number of benzene rings is 1. The van der Waals surface area contributed by atoms with Crippen LogP contribution in [-0.2, 0) is 25.3 Å². The fourth-order valence-electron chi connectivity index (χ4n) is 7.31. The van der Waals surface area contributed by atoms with E-state index in [1.54, 1.807) is 4.90 Å². The van der Waals surface area contributed by atoms with Gasteiger partial charge >= 0.3 is 13.0 Å². The highest BCUT2D eigenvalue weighted by atomic mass is 16.7. The van der Waals surface area contributed by atoms with Gasteiger partial charge in [-0.1, -0.05) is 44.2 Å². The van der Waals surface area contributed by atoms with Gasteiger partial charge in [0.05, 0.1) is 17.6 Å². The van der Waals surface area contributed by atoms with Crippen molar-refractivity contribution in [2.45, 2.75) is 76.9 Å². The van der Waals surface area contributed by atoms with Gasteiger partial charge in [0.15, 0.2) is 0 Å². The first-order chi connectivity index (χ1) is 17.2. The Morgan fingerprint density at radius 3 is 2.75 bits per heavy atom. The number of likely N-dealkylation sites (tertiary alicyclic amines) is 1. The van der Waals surface area contributed by atoms with Crippen LogP contribution in [0.3, 0.4) is 0 Å². The van der Waals surface area contributed by atoms with Gasteiger partial charge in [-0.05, 0) is 67.8 Å². The van der Waals surface area contributed by atoms with Gasteiger partial charge in [-0.15, -0.1) is 0 Å². The highest BCUT2D eigenvalue weighted by molar-refractivity contribution is 6.48. The summed E-state index contributed by atoms with van der Waals surface area (Å²) in [6.45, 7) is 15.0. The molecule has 0 aromatic heterocycles. The number of carbonyl (C=O) groups excluding carboxylic acids is 2. The van der Waals surface area contributed by atoms with Crippen molar-refractivity contribution in [3.8, 4) is 0 Å². The third kappa shape index (κ3) is 4.68. The zero-order valence-corrected chi connectivity index (χ0v) is 21.7. The van der Waals surface area contributed by atoms with E-state index in [9.17, 15) is 9.59 Å². The van der Waals surface area contributed by atoms with E-state index >= 15 is 0 Å². The smallest absolute Gasteiger partial charge is 0.404 e. The minimum atomic E-state index is -0.484. The highest BCUT2D eigenvalue weighted by Crippen LogP contribution is 2.65. The molecule has 0 radical (unpaired) electrons. The highest BCUT2D eigenvalue weighted by Gasteiger charge is 2.68. The maximum absolute atomic E-state index is 13.3. The lowest BCUT2D eigenvalue weighted by Crippen LogP contribution is -2.65. The second-order valence-electron chi connectivity index (χ2n) is 12.1. The van der Waals surface area contributed by atoms with Gasteiger partial charge in [0.2, 0.25) is 5.91 Å². The lowest BCUT2D eigenvalue weighted by Gasteiger charge is -2.64. The Morgan fingerprint density at radius 1 is 1.25 bits per heavy atom. The van der Waals surface area contributed by atoms with Gasteiger partial charge in [-0.2, -0.15) is 0 Å². The number of rotatable bonds is 7. The average molecular weight is 491 g/mol. The van der Waals surface area contributed by atoms with Crippen LogP contribution in [-0.4, -0.2) is 61.1 Å². The molecule has 8 heteroatoms. The second kappa shape index (κ2) is 9.83. The Morgan fingerprint density at radius 2 is 2.03 bits per heavy atom. The van der Waals surface area contributed by atoms with Gasteiger partial charge in [-0.25, -0.2) is 6.57 Å². The fraction of sp³-hybridized carbons (Fsp3) is 0.679. The first-order valence-electron chi connectivity index (χ1n) is 13.5. The Bertz CT molecular complexity index is 1030. The van der Waals surface area contributed by atoms with Crippen molar-refractivity contribution in [2.24, 2.45) is 23.2 Å². The summed E-state index contributed by atoms with van der Waals surface area (Å²) in [6.07, 6.45) is 5.04. The fourth-order valence-corrected chi connectivity index (χ4v) is 7.31. The molecule has 2 aliphatic heterocycles. The van der Waals surface area contributed by atoms with Gasteiger partial charge < -0.3 is 24.4 Å². The molecule has 5 fully saturated rings. The maximum Gasteiger partial charge on any atom is 0.482 e. The van der Waals surface area contributed by atoms with Crippen LogP contribution in [0.1, 0.15) is 58.4 Å². The van der Waals surface area contributed by atoms with Crippen molar-refractivity contribution < 1.29 is 18.9 Å². The molecule has 36 heavy (non-hydrogen) atoms. The van der Waals surface area contributed by atoms with Gasteiger partial charge in [0.25, 0.3) is 6.54 Å². The van der Waals surface area contributed by atoms with Crippen molar-refractivity contribution in [3.05, 3.63) is 47.3 Å². The number of hydrogen-bond donors (Lipinski definition) is 1. The third-order valence-electron chi connectivity index (χ3n) is 9.50. The van der Waals surface area contributed by atoms with E-state index in [2.05, 4.69) is 43.1 Å². The van der Waals surface area contributed by atoms with Crippen LogP contribution >= 0.6 is 0 Å². The summed E-state index contributed by atoms with van der Waals surface area (Å²) in [5.74, 6) is 0.785. The maximum atomic E-state index is 13.3. The van der Waals surface area contributed by atoms with E-state index in [0.29, 0.717) is 37.8 Å². The van der Waals surface area contributed by atoms with Gasteiger partial charge in [0.1, 0.15) is 0 Å². The summed E-state index contributed by atoms with van der Waals surface area (Å²) < 4.78 is 13.3. The normalized spacial score (nSPS) is 33.2. The molecule has 2 amide bonds. The van der Waals surface area contributed by atoms with E-state index in [-0.39, 0.29) is 47.3 Å². The zero-order chi connectivity index (χ0) is 25.5. The first-order valence-corrected chi connectivity index (χ1v) is 13.5. The molecular formula is C28H38BN3O4. The predicted octanol–water partition coefficient (Wildman–Crippen LogP) is 3.53. The minimum absolute atomic E-state index is 0.0303. The van der Waals surface area contributed by atoms with Crippen molar-refractivity contribution in [3.63, 3.8) is 0 Å². The molecule has 0 unspecified atom stereocenters. The number of nitrogens with zero attached hydrogens (tertiary/aromatic N) is 2. The summed E-state index contributed by atoms with van der Waals surface area (Å²) in [5.41, 5.74) is 1.07. The topological polar surface area (TPSA) is 72.2 Å². The number of hydrogen-bond acceptors (Lipinski definition) is 4. The summed E-state index contributed by atoms with van der Waals surface area (Å²) in [6, 6.07) is 10.2. The van der Waals surface area contributed by atoms with Crippen LogP contribution in [0.25, 0.3) is 4.85 Å². The standard InChI is InChI=1S/C28H38BN3O4/c1-27(2)21-15-22(27)28(3)23(16-21)35-29(36-28)24(13-19-9-6-5-7-10-19)31-25(33)14-20-11-8-12-32(18-20)26(34)17-30-4/h5-7,9-10,20-24H,8,11-18H2,1-3H3,(H,31,33)/t20-,21+,22+,23-,24+,28+/m1/s1. The third-order valence-corrected chi connectivity index (χ3v) is 9.50. The molecule has 3 saturated carbocycles. The lowest BCUT2D eigenvalue weighted by molar-refractivity contribution is -0.199. The summed E-state index contributed by atoms with van der Waals surface area (Å²) in [4.78, 5) is 30.4. The van der Waals surface area contributed by atoms with E-state index in [4.69, 9.17) is 15.9 Å². The molecule has 1 aromatic carbocycles. The molecule has 0 spiro atoms. The number of carbonyl (C=O) groups is 2. The van der Waals surface area contributed by atoms with Crippen molar-refractivity contribution in [1.29, 1.82) is 0 Å². The molecule has 5 aliphatic rings. The van der Waals surface area contributed by atoms with Crippen molar-refractivity contribution in [2.75, 3.05) is 19.6 Å². The molecule has 6 rings (SSSR count). The lowest BCUT2D eigenvalue weighted by atomic mass is 9.43. The summed E-state index contributed by atoms with van der Waals surface area (Å²) in [7, 11) is -0.484. The molecule has 2 saturated heterocycles. The van der Waals surface area contributed by atoms with E-state index in [0.717, 1.165) is 24.8 Å². The SMILES string of the molecule is [C-]#[N+]CC(=O)N1CCC[C@H](CC(=O)N[C@@H](Cc2ccccc2)B2O[C@@H]3C[C@@H]4C[C@@H](C4(C)C)[C@]3(C)O2)C1. The van der Waals surface area contributed by atoms with Crippen LogP contribution in [0.4, 0.5) is 0 Å². The molecular weight excluding hydrogens is 453 g/mol. The molecule has 2 heterocycles. The molecule has 6 atom stereocenters. The molecule has 192 valence electrons. The Kier molecular flexibility index (Phi) is 6.91. The van der Waals surface area contributed by atoms with E-state index in [1.165, 1.54) is 6.42 Å².